The Hall–Kier alpha value is -3.41. The van der Waals surface area contributed by atoms with Gasteiger partial charge in [0.15, 0.2) is 6.10 Å². The highest BCUT2D eigenvalue weighted by molar-refractivity contribution is 5.71. The van der Waals surface area contributed by atoms with Crippen LogP contribution in [0.1, 0.15) is 239 Å². The van der Waals surface area contributed by atoms with Crippen LogP contribution in [0.3, 0.4) is 0 Å². The highest BCUT2D eigenvalue weighted by Gasteiger charge is 2.19. The molecule has 0 radical (unpaired) electrons. The van der Waals surface area contributed by atoms with E-state index >= 15 is 0 Å². The van der Waals surface area contributed by atoms with Gasteiger partial charge in [0.1, 0.15) is 13.2 Å². The maximum Gasteiger partial charge on any atom is 0.306 e. The van der Waals surface area contributed by atoms with Crippen molar-refractivity contribution in [3.05, 3.63) is 85.1 Å². The van der Waals surface area contributed by atoms with Crippen LogP contribution in [-0.4, -0.2) is 37.2 Å². The third kappa shape index (κ3) is 49.5. The molecule has 0 N–H and O–H groups in total. The highest BCUT2D eigenvalue weighted by Crippen LogP contribution is 2.14. The number of ether oxygens (including phenoxy) is 3. The van der Waals surface area contributed by atoms with Crippen molar-refractivity contribution in [2.24, 2.45) is 0 Å². The number of unbranched alkanes of at least 4 members (excludes halogenated alkanes) is 21. The van der Waals surface area contributed by atoms with E-state index in [1.165, 1.54) is 96.3 Å². The first kappa shape index (κ1) is 59.6. The van der Waals surface area contributed by atoms with E-state index in [0.717, 1.165) is 96.3 Å². The Morgan fingerprint density at radius 2 is 0.635 bits per heavy atom. The maximum absolute atomic E-state index is 12.8. The second-order valence-corrected chi connectivity index (χ2v) is 17.1. The quantitative estimate of drug-likeness (QED) is 0.0262. The second-order valence-electron chi connectivity index (χ2n) is 17.1. The Balaban J connectivity index is 4.50. The van der Waals surface area contributed by atoms with Crippen molar-refractivity contribution in [1.82, 2.24) is 0 Å². The van der Waals surface area contributed by atoms with Crippen LogP contribution >= 0.6 is 0 Å². The molecule has 6 heteroatoms. The summed E-state index contributed by atoms with van der Waals surface area (Å²) in [5.41, 5.74) is 0. The number of rotatable bonds is 46. The van der Waals surface area contributed by atoms with Gasteiger partial charge in [-0.2, -0.15) is 0 Å². The van der Waals surface area contributed by atoms with Crippen LogP contribution in [0.4, 0.5) is 0 Å². The molecule has 0 aromatic heterocycles. The zero-order valence-electron chi connectivity index (χ0n) is 41.1. The van der Waals surface area contributed by atoms with Crippen LogP contribution in [0.15, 0.2) is 85.1 Å². The van der Waals surface area contributed by atoms with Crippen molar-refractivity contribution in [2.45, 2.75) is 245 Å². The lowest BCUT2D eigenvalue weighted by molar-refractivity contribution is -0.167. The minimum Gasteiger partial charge on any atom is -0.462 e. The average Bonchev–Trinajstić information content (AvgIpc) is 3.28. The smallest absolute Gasteiger partial charge is 0.306 e. The van der Waals surface area contributed by atoms with Crippen LogP contribution in [0, 0.1) is 0 Å². The van der Waals surface area contributed by atoms with Gasteiger partial charge in [0.05, 0.1) is 0 Å². The number of carbonyl (C=O) groups excluding carboxylic acids is 3. The molecule has 0 heterocycles. The van der Waals surface area contributed by atoms with Crippen molar-refractivity contribution < 1.29 is 28.6 Å². The number of esters is 3. The molecule has 0 aromatic carbocycles. The molecule has 0 spiro atoms. The Morgan fingerprint density at radius 1 is 0.333 bits per heavy atom. The third-order valence-corrected chi connectivity index (χ3v) is 10.9. The van der Waals surface area contributed by atoms with E-state index in [-0.39, 0.29) is 37.5 Å². The van der Waals surface area contributed by atoms with E-state index in [1.807, 2.05) is 0 Å². The topological polar surface area (TPSA) is 78.9 Å². The first-order valence-corrected chi connectivity index (χ1v) is 26.1. The van der Waals surface area contributed by atoms with Crippen molar-refractivity contribution in [3.8, 4) is 0 Å². The summed E-state index contributed by atoms with van der Waals surface area (Å²) in [6.45, 7) is 6.43. The summed E-state index contributed by atoms with van der Waals surface area (Å²) in [4.78, 5) is 38.0. The van der Waals surface area contributed by atoms with Gasteiger partial charge < -0.3 is 14.2 Å². The Labute approximate surface area is 388 Å². The predicted octanol–water partition coefficient (Wildman–Crippen LogP) is 17.2. The summed E-state index contributed by atoms with van der Waals surface area (Å²) in [5, 5.41) is 0. The Morgan fingerprint density at radius 3 is 1.06 bits per heavy atom. The standard InChI is InChI=1S/C57H96O6/c1-4-7-10-13-16-19-22-25-28-29-30-33-35-38-41-44-47-50-56(59)62-53-54(63-57(60)51-48-45-42-39-36-32-27-24-21-18-15-12-9-6-3)52-61-55(58)49-46-43-40-37-34-31-26-23-20-17-14-11-8-5-2/h9,12,16,18-19,21,25,27-28,30,32-33,38,41,54H,4-8,10-11,13-15,17,20,22-24,26,29,31,34-37,39-40,42-53H2,1-3H3/b12-9-,19-16-,21-18-,28-25-,32-27-,33-30-,41-38-. The van der Waals surface area contributed by atoms with E-state index in [4.69, 9.17) is 14.2 Å². The molecule has 0 aliphatic heterocycles. The molecular weight excluding hydrogens is 781 g/mol. The van der Waals surface area contributed by atoms with Gasteiger partial charge in [-0.25, -0.2) is 0 Å². The number of hydrogen-bond acceptors (Lipinski definition) is 6. The average molecular weight is 877 g/mol. The number of carbonyl (C=O) groups is 3. The molecule has 0 fully saturated rings. The Bertz CT molecular complexity index is 1240. The van der Waals surface area contributed by atoms with E-state index in [9.17, 15) is 14.4 Å². The fourth-order valence-corrected chi connectivity index (χ4v) is 6.98. The van der Waals surface area contributed by atoms with Gasteiger partial charge in [-0.1, -0.05) is 215 Å². The molecule has 360 valence electrons. The predicted molar refractivity (Wildman–Crippen MR) is 270 cm³/mol. The molecule has 1 atom stereocenters. The minimum atomic E-state index is -0.808. The van der Waals surface area contributed by atoms with E-state index in [2.05, 4.69) is 106 Å². The van der Waals surface area contributed by atoms with E-state index in [0.29, 0.717) is 19.3 Å². The molecule has 0 amide bonds. The fraction of sp³-hybridized carbons (Fsp3) is 0.702. The first-order chi connectivity index (χ1) is 31.0. The lowest BCUT2D eigenvalue weighted by Gasteiger charge is -2.18. The summed E-state index contributed by atoms with van der Waals surface area (Å²) < 4.78 is 16.7. The van der Waals surface area contributed by atoms with Gasteiger partial charge in [-0.05, 0) is 89.9 Å². The monoisotopic (exact) mass is 877 g/mol. The van der Waals surface area contributed by atoms with E-state index in [1.54, 1.807) is 0 Å². The molecule has 0 aliphatic rings. The first-order valence-electron chi connectivity index (χ1n) is 26.1. The minimum absolute atomic E-state index is 0.102. The maximum atomic E-state index is 12.8. The number of hydrogen-bond donors (Lipinski definition) is 0. The summed E-state index contributed by atoms with van der Waals surface area (Å²) in [7, 11) is 0. The Kier molecular flexibility index (Phi) is 48.5. The normalized spacial score (nSPS) is 12.7. The van der Waals surface area contributed by atoms with Crippen LogP contribution in [-0.2, 0) is 28.6 Å². The zero-order chi connectivity index (χ0) is 45.8. The second kappa shape index (κ2) is 51.2. The summed E-state index contributed by atoms with van der Waals surface area (Å²) in [5.74, 6) is -0.982. The van der Waals surface area contributed by atoms with E-state index < -0.39 is 6.10 Å². The molecule has 0 aromatic rings. The molecule has 0 aliphatic carbocycles. The molecule has 0 saturated heterocycles. The lowest BCUT2D eigenvalue weighted by atomic mass is 10.0. The van der Waals surface area contributed by atoms with Gasteiger partial charge in [-0.15, -0.1) is 0 Å². The van der Waals surface area contributed by atoms with Crippen molar-refractivity contribution in [3.63, 3.8) is 0 Å². The van der Waals surface area contributed by atoms with Gasteiger partial charge in [0.2, 0.25) is 0 Å². The van der Waals surface area contributed by atoms with Crippen LogP contribution in [0.25, 0.3) is 0 Å². The molecule has 6 nitrogen and oxygen atoms in total. The van der Waals surface area contributed by atoms with Crippen LogP contribution < -0.4 is 0 Å². The van der Waals surface area contributed by atoms with Crippen molar-refractivity contribution >= 4 is 17.9 Å². The highest BCUT2D eigenvalue weighted by atomic mass is 16.6. The molecule has 0 bridgehead atoms. The zero-order valence-corrected chi connectivity index (χ0v) is 41.1. The largest absolute Gasteiger partial charge is 0.462 e. The van der Waals surface area contributed by atoms with Crippen molar-refractivity contribution in [2.75, 3.05) is 13.2 Å². The van der Waals surface area contributed by atoms with Crippen LogP contribution in [0.5, 0.6) is 0 Å². The molecule has 0 saturated carbocycles. The van der Waals surface area contributed by atoms with Gasteiger partial charge in [0.25, 0.3) is 0 Å². The SMILES string of the molecule is CC/C=C\C/C=C\C/C=C\CCCCCCC(=O)OC(COC(=O)CCC/C=C\C/C=C\C/C=C\C/C=C\CCCCC)COC(=O)CCCCCCCCCCCCCCCC. The molecule has 0 rings (SSSR count). The molecule has 63 heavy (non-hydrogen) atoms. The van der Waals surface area contributed by atoms with Crippen molar-refractivity contribution in [1.29, 1.82) is 0 Å². The summed E-state index contributed by atoms with van der Waals surface area (Å²) in [6.07, 6.45) is 65.7. The van der Waals surface area contributed by atoms with Crippen LogP contribution in [0.2, 0.25) is 0 Å². The number of allylic oxidation sites excluding steroid dienone is 14. The lowest BCUT2D eigenvalue weighted by Crippen LogP contribution is -2.30. The summed E-state index contributed by atoms with van der Waals surface area (Å²) >= 11 is 0. The fourth-order valence-electron chi connectivity index (χ4n) is 6.98. The van der Waals surface area contributed by atoms with Gasteiger partial charge in [-0.3, -0.25) is 14.4 Å². The molecular formula is C57H96O6. The molecule has 1 unspecified atom stereocenters. The van der Waals surface area contributed by atoms with Gasteiger partial charge >= 0.3 is 17.9 Å². The summed E-state index contributed by atoms with van der Waals surface area (Å²) in [6, 6.07) is 0. The third-order valence-electron chi connectivity index (χ3n) is 10.9. The van der Waals surface area contributed by atoms with Gasteiger partial charge in [0, 0.05) is 19.3 Å².